The Labute approximate surface area is 114 Å². The first-order chi connectivity index (χ1) is 9.33. The van der Waals surface area contributed by atoms with Crippen LogP contribution in [-0.2, 0) is 4.74 Å². The molecule has 3 nitrogen and oxygen atoms in total. The fourth-order valence-corrected chi connectivity index (χ4v) is 2.65. The van der Waals surface area contributed by atoms with E-state index < -0.39 is 0 Å². The molecule has 2 aromatic rings. The average molecular weight is 256 g/mol. The molecule has 0 radical (unpaired) electrons. The predicted molar refractivity (Wildman–Crippen MR) is 78.6 cm³/mol. The maximum Gasteiger partial charge on any atom is 0.0722 e. The number of nitrogens with zero attached hydrogens (tertiary/aromatic N) is 1. The van der Waals surface area contributed by atoms with E-state index in [4.69, 9.17) is 4.74 Å². The summed E-state index contributed by atoms with van der Waals surface area (Å²) in [4.78, 5) is 4.40. The number of pyridine rings is 1. The van der Waals surface area contributed by atoms with Crippen LogP contribution >= 0.6 is 0 Å². The van der Waals surface area contributed by atoms with Crippen molar-refractivity contribution in [3.05, 3.63) is 36.0 Å². The molecule has 3 heteroatoms. The third kappa shape index (κ3) is 2.87. The van der Waals surface area contributed by atoms with Crippen molar-refractivity contribution in [3.8, 4) is 0 Å². The molecule has 1 aromatic carbocycles. The van der Waals surface area contributed by atoms with Crippen molar-refractivity contribution < 1.29 is 4.74 Å². The van der Waals surface area contributed by atoms with Gasteiger partial charge in [-0.1, -0.05) is 11.6 Å². The minimum Gasteiger partial charge on any atom is -0.384 e. The monoisotopic (exact) mass is 256 g/mol. The van der Waals surface area contributed by atoms with Crippen molar-refractivity contribution in [2.45, 2.75) is 32.3 Å². The summed E-state index contributed by atoms with van der Waals surface area (Å²) in [6.45, 7) is 4.00. The van der Waals surface area contributed by atoms with E-state index in [1.807, 2.05) is 6.20 Å². The zero-order chi connectivity index (χ0) is 13.1. The SMILES string of the molecule is Cc1ccc2nccc(NCCC3CCCO3)c2c1. The van der Waals surface area contributed by atoms with Crippen LogP contribution in [0.2, 0.25) is 0 Å². The van der Waals surface area contributed by atoms with Crippen molar-refractivity contribution in [2.75, 3.05) is 18.5 Å². The van der Waals surface area contributed by atoms with E-state index in [1.165, 1.54) is 29.5 Å². The number of aryl methyl sites for hydroxylation is 1. The molecule has 0 amide bonds. The Bertz CT molecular complexity index is 562. The largest absolute Gasteiger partial charge is 0.384 e. The molecule has 0 bridgehead atoms. The highest BCUT2D eigenvalue weighted by atomic mass is 16.5. The van der Waals surface area contributed by atoms with Gasteiger partial charge in [0.2, 0.25) is 0 Å². The lowest BCUT2D eigenvalue weighted by Gasteiger charge is -2.12. The van der Waals surface area contributed by atoms with Gasteiger partial charge in [0.25, 0.3) is 0 Å². The highest BCUT2D eigenvalue weighted by molar-refractivity contribution is 5.91. The van der Waals surface area contributed by atoms with Gasteiger partial charge < -0.3 is 10.1 Å². The Morgan fingerprint density at radius 2 is 2.32 bits per heavy atom. The van der Waals surface area contributed by atoms with Gasteiger partial charge in [0.15, 0.2) is 0 Å². The molecule has 0 spiro atoms. The maximum absolute atomic E-state index is 5.65. The summed E-state index contributed by atoms with van der Waals surface area (Å²) in [7, 11) is 0. The highest BCUT2D eigenvalue weighted by Gasteiger charge is 2.14. The van der Waals surface area contributed by atoms with Crippen LogP contribution in [0.15, 0.2) is 30.5 Å². The Kier molecular flexibility index (Phi) is 3.65. The third-order valence-corrected chi connectivity index (χ3v) is 3.70. The molecule has 1 aliphatic heterocycles. The van der Waals surface area contributed by atoms with Crippen molar-refractivity contribution in [1.82, 2.24) is 4.98 Å². The topological polar surface area (TPSA) is 34.2 Å². The summed E-state index contributed by atoms with van der Waals surface area (Å²) in [5, 5.41) is 4.73. The molecular formula is C16H20N2O. The van der Waals surface area contributed by atoms with Crippen molar-refractivity contribution in [1.29, 1.82) is 0 Å². The molecule has 3 rings (SSSR count). The number of fused-ring (bicyclic) bond motifs is 1. The van der Waals surface area contributed by atoms with Crippen molar-refractivity contribution >= 4 is 16.6 Å². The number of ether oxygens (including phenoxy) is 1. The van der Waals surface area contributed by atoms with E-state index >= 15 is 0 Å². The minimum absolute atomic E-state index is 0.447. The van der Waals surface area contributed by atoms with Gasteiger partial charge in [-0.2, -0.15) is 0 Å². The first-order valence-corrected chi connectivity index (χ1v) is 7.04. The van der Waals surface area contributed by atoms with Gasteiger partial charge >= 0.3 is 0 Å². The fourth-order valence-electron chi connectivity index (χ4n) is 2.65. The molecule has 2 heterocycles. The van der Waals surface area contributed by atoms with Crippen LogP contribution in [0.5, 0.6) is 0 Å². The van der Waals surface area contributed by atoms with Crippen molar-refractivity contribution in [3.63, 3.8) is 0 Å². The first kappa shape index (κ1) is 12.4. The normalized spacial score (nSPS) is 18.9. The smallest absolute Gasteiger partial charge is 0.0722 e. The summed E-state index contributed by atoms with van der Waals surface area (Å²) in [6, 6.07) is 8.43. The van der Waals surface area contributed by atoms with E-state index in [2.05, 4.69) is 41.5 Å². The average Bonchev–Trinajstić information content (AvgIpc) is 2.92. The standard InChI is InChI=1S/C16H20N2O/c1-12-4-5-15-14(11-12)16(7-9-18-15)17-8-6-13-3-2-10-19-13/h4-5,7,9,11,13H,2-3,6,8,10H2,1H3,(H,17,18). The molecule has 1 aliphatic rings. The second-order valence-electron chi connectivity index (χ2n) is 5.23. The van der Waals surface area contributed by atoms with E-state index in [0.29, 0.717) is 6.10 Å². The quantitative estimate of drug-likeness (QED) is 0.908. The summed E-state index contributed by atoms with van der Waals surface area (Å²) in [5.41, 5.74) is 3.49. The number of rotatable bonds is 4. The number of anilines is 1. The van der Waals surface area contributed by atoms with Gasteiger partial charge in [-0.25, -0.2) is 0 Å². The zero-order valence-electron chi connectivity index (χ0n) is 11.4. The molecule has 19 heavy (non-hydrogen) atoms. The second kappa shape index (κ2) is 5.57. The van der Waals surface area contributed by atoms with E-state index in [0.717, 1.165) is 25.1 Å². The molecule has 1 atom stereocenters. The summed E-state index contributed by atoms with van der Waals surface area (Å²) >= 11 is 0. The number of benzene rings is 1. The number of nitrogens with one attached hydrogen (secondary N) is 1. The maximum atomic E-state index is 5.65. The molecular weight excluding hydrogens is 236 g/mol. The summed E-state index contributed by atoms with van der Waals surface area (Å²) in [6.07, 6.45) is 5.81. The van der Waals surface area contributed by atoms with Crippen LogP contribution in [0.4, 0.5) is 5.69 Å². The van der Waals surface area contributed by atoms with E-state index in [-0.39, 0.29) is 0 Å². The molecule has 1 unspecified atom stereocenters. The lowest BCUT2D eigenvalue weighted by atomic mass is 10.1. The summed E-state index contributed by atoms with van der Waals surface area (Å²) in [5.74, 6) is 0. The Balaban J connectivity index is 1.71. The zero-order valence-corrected chi connectivity index (χ0v) is 11.4. The van der Waals surface area contributed by atoms with Gasteiger partial charge in [0.1, 0.15) is 0 Å². The van der Waals surface area contributed by atoms with E-state index in [9.17, 15) is 0 Å². The Morgan fingerprint density at radius 3 is 3.16 bits per heavy atom. The van der Waals surface area contributed by atoms with Crippen LogP contribution in [0, 0.1) is 6.92 Å². The Morgan fingerprint density at radius 1 is 1.37 bits per heavy atom. The van der Waals surface area contributed by atoms with Crippen LogP contribution in [0.3, 0.4) is 0 Å². The molecule has 1 saturated heterocycles. The third-order valence-electron chi connectivity index (χ3n) is 3.70. The molecule has 1 fully saturated rings. The highest BCUT2D eigenvalue weighted by Crippen LogP contribution is 2.23. The molecule has 1 N–H and O–H groups in total. The minimum atomic E-state index is 0.447. The van der Waals surface area contributed by atoms with Crippen LogP contribution in [0.1, 0.15) is 24.8 Å². The predicted octanol–water partition coefficient (Wildman–Crippen LogP) is 3.52. The van der Waals surface area contributed by atoms with Gasteiger partial charge in [0.05, 0.1) is 11.6 Å². The number of hydrogen-bond donors (Lipinski definition) is 1. The van der Waals surface area contributed by atoms with Crippen LogP contribution in [0.25, 0.3) is 10.9 Å². The summed E-state index contributed by atoms with van der Waals surface area (Å²) < 4.78 is 5.65. The molecule has 100 valence electrons. The lowest BCUT2D eigenvalue weighted by molar-refractivity contribution is 0.107. The van der Waals surface area contributed by atoms with Crippen LogP contribution in [-0.4, -0.2) is 24.2 Å². The van der Waals surface area contributed by atoms with Gasteiger partial charge in [0, 0.05) is 30.4 Å². The number of aromatic nitrogens is 1. The number of hydrogen-bond acceptors (Lipinski definition) is 3. The van der Waals surface area contributed by atoms with Crippen LogP contribution < -0.4 is 5.32 Å². The fraction of sp³-hybridized carbons (Fsp3) is 0.438. The first-order valence-electron chi connectivity index (χ1n) is 7.04. The van der Waals surface area contributed by atoms with Gasteiger partial charge in [-0.05, 0) is 44.4 Å². The second-order valence-corrected chi connectivity index (χ2v) is 5.23. The van der Waals surface area contributed by atoms with Crippen molar-refractivity contribution in [2.24, 2.45) is 0 Å². The Hall–Kier alpha value is -1.61. The van der Waals surface area contributed by atoms with Gasteiger partial charge in [-0.15, -0.1) is 0 Å². The molecule has 0 aliphatic carbocycles. The van der Waals surface area contributed by atoms with E-state index in [1.54, 1.807) is 0 Å². The molecule has 0 saturated carbocycles. The molecule has 1 aromatic heterocycles. The van der Waals surface area contributed by atoms with Gasteiger partial charge in [-0.3, -0.25) is 4.98 Å². The lowest BCUT2D eigenvalue weighted by Crippen LogP contribution is -2.12.